The molecule has 162 valence electrons. The van der Waals surface area contributed by atoms with E-state index in [1.165, 1.54) is 18.9 Å². The quantitative estimate of drug-likeness (QED) is 0.531. The summed E-state index contributed by atoms with van der Waals surface area (Å²) in [5.74, 6) is 0.779. The van der Waals surface area contributed by atoms with Crippen LogP contribution < -0.4 is 4.74 Å². The van der Waals surface area contributed by atoms with Crippen molar-refractivity contribution in [3.05, 3.63) is 65.6 Å². The first-order valence-corrected chi connectivity index (χ1v) is 10.9. The number of hydrogen-bond donors (Lipinski definition) is 1. The molecule has 0 saturated heterocycles. The number of allylic oxidation sites excluding steroid dienone is 1. The molecule has 0 aromatic heterocycles. The van der Waals surface area contributed by atoms with Gasteiger partial charge in [0, 0.05) is 11.3 Å². The number of hydrogen-bond acceptors (Lipinski definition) is 3. The van der Waals surface area contributed by atoms with E-state index in [4.69, 9.17) is 4.74 Å². The molecule has 1 aliphatic heterocycles. The Morgan fingerprint density at radius 2 is 1.77 bits per heavy atom. The molecule has 0 amide bonds. The second-order valence-corrected chi connectivity index (χ2v) is 9.44. The molecule has 30 heavy (non-hydrogen) atoms. The Morgan fingerprint density at radius 1 is 1.07 bits per heavy atom. The maximum absolute atomic E-state index is 14.0. The first-order chi connectivity index (χ1) is 14.1. The lowest BCUT2D eigenvalue weighted by atomic mass is 9.71. The topological polar surface area (TPSA) is 29.5 Å². The van der Waals surface area contributed by atoms with Crippen LogP contribution in [0.3, 0.4) is 0 Å². The molecule has 0 saturated carbocycles. The highest BCUT2D eigenvalue weighted by molar-refractivity contribution is 8.02. The Bertz CT molecular complexity index is 893. The van der Waals surface area contributed by atoms with Crippen LogP contribution in [0, 0.1) is 5.92 Å². The van der Waals surface area contributed by atoms with Crippen LogP contribution >= 0.6 is 11.8 Å². The summed E-state index contributed by atoms with van der Waals surface area (Å²) in [6.07, 6.45) is -3.77. The minimum atomic E-state index is -4.73. The lowest BCUT2D eigenvalue weighted by molar-refractivity contribution is -0.271. The Balaban J connectivity index is 1.98. The summed E-state index contributed by atoms with van der Waals surface area (Å²) in [4.78, 5) is 0. The van der Waals surface area contributed by atoms with Crippen LogP contribution in [0.4, 0.5) is 13.2 Å². The third kappa shape index (κ3) is 4.86. The van der Waals surface area contributed by atoms with Crippen molar-refractivity contribution in [2.45, 2.75) is 43.9 Å². The monoisotopic (exact) mass is 436 g/mol. The van der Waals surface area contributed by atoms with E-state index in [1.54, 1.807) is 31.4 Å². The molecule has 2 aromatic rings. The molecule has 0 spiro atoms. The zero-order chi connectivity index (χ0) is 22.0. The zero-order valence-corrected chi connectivity index (χ0v) is 18.2. The number of aliphatic hydroxyl groups is 1. The SMILES string of the molecule is COc1ccc(-c2ccccc2)cc1C(C)(C)CC(O)(CC1C=CSC1)C(F)(F)F. The van der Waals surface area contributed by atoms with Gasteiger partial charge in [-0.15, -0.1) is 11.8 Å². The van der Waals surface area contributed by atoms with Crippen LogP contribution in [0.5, 0.6) is 5.75 Å². The highest BCUT2D eigenvalue weighted by Crippen LogP contribution is 2.47. The standard InChI is InChI=1S/C24H27F3O2S/c1-22(2,16-23(28,24(25,26)27)14-17-11-12-30-15-17)20-13-19(9-10-21(20)29-3)18-7-5-4-6-8-18/h4-13,17,28H,14-16H2,1-3H3. The fraction of sp³-hybridized carbons (Fsp3) is 0.417. The molecule has 2 atom stereocenters. The largest absolute Gasteiger partial charge is 0.496 e. The van der Waals surface area contributed by atoms with Gasteiger partial charge in [-0.05, 0) is 52.8 Å². The Hall–Kier alpha value is -1.92. The molecule has 0 bridgehead atoms. The van der Waals surface area contributed by atoms with Gasteiger partial charge < -0.3 is 9.84 Å². The minimum absolute atomic E-state index is 0.296. The van der Waals surface area contributed by atoms with Crippen LogP contribution in [-0.2, 0) is 5.41 Å². The Kier molecular flexibility index (Phi) is 6.58. The summed E-state index contributed by atoms with van der Waals surface area (Å²) >= 11 is 1.47. The van der Waals surface area contributed by atoms with Gasteiger partial charge in [0.25, 0.3) is 0 Å². The van der Waals surface area contributed by atoms with Crippen LogP contribution in [-0.4, -0.2) is 29.7 Å². The number of ether oxygens (including phenoxy) is 1. The summed E-state index contributed by atoms with van der Waals surface area (Å²) in [6.45, 7) is 3.46. The van der Waals surface area contributed by atoms with Crippen molar-refractivity contribution in [3.8, 4) is 16.9 Å². The fourth-order valence-corrected chi connectivity index (χ4v) is 5.04. The molecule has 6 heteroatoms. The summed E-state index contributed by atoms with van der Waals surface area (Å²) in [6, 6.07) is 15.2. The third-order valence-electron chi connectivity index (χ3n) is 5.65. The number of alkyl halides is 3. The van der Waals surface area contributed by atoms with Crippen LogP contribution in [0.2, 0.25) is 0 Å². The molecule has 2 unspecified atom stereocenters. The average Bonchev–Trinajstić information content (AvgIpc) is 3.19. The van der Waals surface area contributed by atoms with E-state index in [1.807, 2.05) is 42.5 Å². The van der Waals surface area contributed by atoms with Gasteiger partial charge in [0.2, 0.25) is 0 Å². The number of methoxy groups -OCH3 is 1. The van der Waals surface area contributed by atoms with Gasteiger partial charge in [-0.1, -0.05) is 56.3 Å². The molecule has 1 aliphatic rings. The van der Waals surface area contributed by atoms with Crippen LogP contribution in [0.1, 0.15) is 32.3 Å². The highest BCUT2D eigenvalue weighted by Gasteiger charge is 2.56. The Labute approximate surface area is 180 Å². The van der Waals surface area contributed by atoms with Gasteiger partial charge in [0.1, 0.15) is 5.75 Å². The molecule has 0 aliphatic carbocycles. The first-order valence-electron chi connectivity index (χ1n) is 9.87. The van der Waals surface area contributed by atoms with Crippen molar-refractivity contribution in [2.75, 3.05) is 12.9 Å². The fourth-order valence-electron chi connectivity index (χ4n) is 4.12. The molecule has 2 nitrogen and oxygen atoms in total. The second kappa shape index (κ2) is 8.67. The van der Waals surface area contributed by atoms with Crippen molar-refractivity contribution in [3.63, 3.8) is 0 Å². The molecule has 0 radical (unpaired) electrons. The van der Waals surface area contributed by atoms with Crippen molar-refractivity contribution in [1.82, 2.24) is 0 Å². The number of halogens is 3. The van der Waals surface area contributed by atoms with E-state index in [-0.39, 0.29) is 12.3 Å². The van der Waals surface area contributed by atoms with E-state index in [9.17, 15) is 18.3 Å². The molecule has 0 fully saturated rings. The predicted octanol–water partition coefficient (Wildman–Crippen LogP) is 6.59. The number of benzene rings is 2. The van der Waals surface area contributed by atoms with E-state index in [2.05, 4.69) is 0 Å². The van der Waals surface area contributed by atoms with Gasteiger partial charge in [0.05, 0.1) is 7.11 Å². The average molecular weight is 437 g/mol. The molecule has 1 N–H and O–H groups in total. The van der Waals surface area contributed by atoms with Crippen molar-refractivity contribution in [2.24, 2.45) is 5.92 Å². The van der Waals surface area contributed by atoms with Gasteiger partial charge in [-0.2, -0.15) is 13.2 Å². The van der Waals surface area contributed by atoms with E-state index < -0.39 is 23.6 Å². The van der Waals surface area contributed by atoms with E-state index >= 15 is 0 Å². The van der Waals surface area contributed by atoms with Crippen molar-refractivity contribution in [1.29, 1.82) is 0 Å². The third-order valence-corrected chi connectivity index (χ3v) is 6.63. The maximum Gasteiger partial charge on any atom is 0.417 e. The van der Waals surface area contributed by atoms with Crippen molar-refractivity contribution < 1.29 is 23.0 Å². The summed E-state index contributed by atoms with van der Waals surface area (Å²) in [5.41, 5.74) is -1.26. The molecular formula is C24H27F3O2S. The summed E-state index contributed by atoms with van der Waals surface area (Å²) in [5, 5.41) is 12.7. The molecule has 1 heterocycles. The van der Waals surface area contributed by atoms with E-state index in [0.717, 1.165) is 11.1 Å². The van der Waals surface area contributed by atoms with E-state index in [0.29, 0.717) is 17.1 Å². The lowest BCUT2D eigenvalue weighted by Crippen LogP contribution is -2.50. The van der Waals surface area contributed by atoms with Crippen LogP contribution in [0.15, 0.2) is 60.0 Å². The van der Waals surface area contributed by atoms with Gasteiger partial charge in [0.15, 0.2) is 5.60 Å². The normalized spacial score (nSPS) is 19.0. The second-order valence-electron chi connectivity index (χ2n) is 8.50. The van der Waals surface area contributed by atoms with Gasteiger partial charge >= 0.3 is 6.18 Å². The minimum Gasteiger partial charge on any atom is -0.496 e. The molecule has 2 aromatic carbocycles. The maximum atomic E-state index is 14.0. The summed E-state index contributed by atoms with van der Waals surface area (Å²) < 4.78 is 47.5. The Morgan fingerprint density at radius 3 is 2.33 bits per heavy atom. The van der Waals surface area contributed by atoms with Crippen molar-refractivity contribution >= 4 is 11.8 Å². The van der Waals surface area contributed by atoms with Gasteiger partial charge in [-0.25, -0.2) is 0 Å². The summed E-state index contributed by atoms with van der Waals surface area (Å²) in [7, 11) is 1.51. The number of thioether (sulfide) groups is 1. The smallest absolute Gasteiger partial charge is 0.417 e. The highest BCUT2D eigenvalue weighted by atomic mass is 32.2. The lowest BCUT2D eigenvalue weighted by Gasteiger charge is -2.39. The van der Waals surface area contributed by atoms with Crippen LogP contribution in [0.25, 0.3) is 11.1 Å². The molecular weight excluding hydrogens is 409 g/mol. The molecule has 3 rings (SSSR count). The zero-order valence-electron chi connectivity index (χ0n) is 17.4. The predicted molar refractivity (Wildman–Crippen MR) is 117 cm³/mol. The first kappa shape index (κ1) is 22.8. The van der Waals surface area contributed by atoms with Gasteiger partial charge in [-0.3, -0.25) is 0 Å². The number of rotatable bonds is 7.